The molecule has 8 rings (SSSR count). The minimum atomic E-state index is -0.533. The Morgan fingerprint density at radius 2 is 1.15 bits per heavy atom. The zero-order valence-electron chi connectivity index (χ0n) is 27.1. The first-order valence-electron chi connectivity index (χ1n) is 16.4. The molecule has 0 radical (unpaired) electrons. The molecule has 0 aromatic heterocycles. The van der Waals surface area contributed by atoms with E-state index < -0.39 is 5.82 Å². The van der Waals surface area contributed by atoms with Crippen molar-refractivity contribution in [1.29, 1.82) is 0 Å². The standard InChI is InChI=1S/C20H22ClNO2.C19H19ClFNO/c1-22-10-7-13-11-18(24-2)17(23)12-14(13)19(22)20(8-9-20)15-5-3-4-6-16(15)21;1-22-9-6-12-10-16(21)17(23)11-13(12)18(22)19(7-8-19)14-4-2-3-5-15(14)20/h3-6,11-12,19,23H,7-10H2,1-2H3;2-5,10-11,18,23H,6-9H2,1H3. The molecule has 2 atom stereocenters. The summed E-state index contributed by atoms with van der Waals surface area (Å²) < 4.78 is 19.0. The van der Waals surface area contributed by atoms with Crippen LogP contribution < -0.4 is 4.74 Å². The van der Waals surface area contributed by atoms with Gasteiger partial charge in [-0.3, -0.25) is 9.80 Å². The van der Waals surface area contributed by atoms with Gasteiger partial charge in [-0.1, -0.05) is 59.6 Å². The van der Waals surface area contributed by atoms with Crippen LogP contribution in [0.25, 0.3) is 0 Å². The van der Waals surface area contributed by atoms with Crippen LogP contribution in [-0.2, 0) is 23.7 Å². The van der Waals surface area contributed by atoms with Gasteiger partial charge in [0, 0.05) is 46.0 Å². The van der Waals surface area contributed by atoms with Crippen LogP contribution in [0.1, 0.15) is 71.1 Å². The average molecular weight is 676 g/mol. The van der Waals surface area contributed by atoms with Crippen LogP contribution in [0.5, 0.6) is 17.2 Å². The van der Waals surface area contributed by atoms with Gasteiger partial charge >= 0.3 is 0 Å². The lowest BCUT2D eigenvalue weighted by Crippen LogP contribution is -2.39. The third-order valence-corrected chi connectivity index (χ3v) is 11.7. The van der Waals surface area contributed by atoms with Crippen LogP contribution in [0, 0.1) is 5.82 Å². The molecule has 2 aliphatic carbocycles. The van der Waals surface area contributed by atoms with E-state index >= 15 is 0 Å². The van der Waals surface area contributed by atoms with Gasteiger partial charge in [-0.25, -0.2) is 4.39 Å². The monoisotopic (exact) mass is 674 g/mol. The molecule has 8 heteroatoms. The first-order chi connectivity index (χ1) is 22.6. The summed E-state index contributed by atoms with van der Waals surface area (Å²) in [5.74, 6) is -0.0280. The maximum atomic E-state index is 13.7. The van der Waals surface area contributed by atoms with Gasteiger partial charge in [0.2, 0.25) is 0 Å². The van der Waals surface area contributed by atoms with Crippen molar-refractivity contribution in [1.82, 2.24) is 9.80 Å². The van der Waals surface area contributed by atoms with Crippen LogP contribution in [0.2, 0.25) is 10.0 Å². The van der Waals surface area contributed by atoms with E-state index in [0.29, 0.717) is 5.75 Å². The zero-order valence-corrected chi connectivity index (χ0v) is 28.6. The van der Waals surface area contributed by atoms with Gasteiger partial charge in [-0.15, -0.1) is 0 Å². The third-order valence-electron chi connectivity index (χ3n) is 11.0. The Balaban J connectivity index is 0.000000150. The summed E-state index contributed by atoms with van der Waals surface area (Å²) in [6, 6.07) is 23.5. The normalized spacial score (nSPS) is 22.3. The Morgan fingerprint density at radius 3 is 1.60 bits per heavy atom. The molecular formula is C39H41Cl2FN2O3. The van der Waals surface area contributed by atoms with Crippen LogP contribution >= 0.6 is 23.2 Å². The highest BCUT2D eigenvalue weighted by molar-refractivity contribution is 6.31. The first kappa shape index (κ1) is 32.3. The lowest BCUT2D eigenvalue weighted by molar-refractivity contribution is 0.187. The predicted molar refractivity (Wildman–Crippen MR) is 186 cm³/mol. The number of benzene rings is 4. The number of nitrogens with zero attached hydrogens (tertiary/aromatic N) is 2. The van der Waals surface area contributed by atoms with E-state index in [1.54, 1.807) is 13.2 Å². The molecule has 0 spiro atoms. The van der Waals surface area contributed by atoms with Gasteiger partial charge < -0.3 is 14.9 Å². The minimum absolute atomic E-state index is 0.0352. The molecule has 2 N–H and O–H groups in total. The Kier molecular flexibility index (Phi) is 8.45. The van der Waals surface area contributed by atoms with Crippen molar-refractivity contribution in [3.63, 3.8) is 0 Å². The fourth-order valence-electron chi connectivity index (χ4n) is 8.50. The lowest BCUT2D eigenvalue weighted by Gasteiger charge is -2.41. The molecule has 4 aromatic carbocycles. The van der Waals surface area contributed by atoms with Crippen molar-refractivity contribution in [2.45, 2.75) is 61.4 Å². The predicted octanol–water partition coefficient (Wildman–Crippen LogP) is 8.76. The van der Waals surface area contributed by atoms with Crippen LogP contribution in [0.4, 0.5) is 4.39 Å². The second kappa shape index (κ2) is 12.3. The highest BCUT2D eigenvalue weighted by Gasteiger charge is 2.56. The quantitative estimate of drug-likeness (QED) is 0.222. The van der Waals surface area contributed by atoms with Gasteiger partial charge in [0.1, 0.15) is 0 Å². The number of hydrogen-bond donors (Lipinski definition) is 2. The molecule has 2 fully saturated rings. The smallest absolute Gasteiger partial charge is 0.165 e. The van der Waals surface area contributed by atoms with E-state index in [-0.39, 0.29) is 34.4 Å². The zero-order chi connectivity index (χ0) is 33.1. The first-order valence-corrected chi connectivity index (χ1v) is 17.2. The van der Waals surface area contributed by atoms with Gasteiger partial charge in [-0.2, -0.15) is 0 Å². The third kappa shape index (κ3) is 5.57. The van der Waals surface area contributed by atoms with E-state index in [1.807, 2.05) is 42.5 Å². The van der Waals surface area contributed by atoms with Crippen molar-refractivity contribution < 1.29 is 19.3 Å². The topological polar surface area (TPSA) is 56.2 Å². The molecule has 0 amide bonds. The molecule has 4 aromatic rings. The van der Waals surface area contributed by atoms with Crippen molar-refractivity contribution in [3.05, 3.63) is 122 Å². The van der Waals surface area contributed by atoms with Crippen molar-refractivity contribution in [2.24, 2.45) is 0 Å². The van der Waals surface area contributed by atoms with Gasteiger partial charge in [0.05, 0.1) is 7.11 Å². The molecule has 246 valence electrons. The number of fused-ring (bicyclic) bond motifs is 2. The number of halogens is 3. The van der Waals surface area contributed by atoms with Gasteiger partial charge in [-0.05, 0) is 122 Å². The van der Waals surface area contributed by atoms with E-state index in [2.05, 4.69) is 42.1 Å². The number of likely N-dealkylation sites (N-methyl/N-ethyl adjacent to an activating group) is 2. The summed E-state index contributed by atoms with van der Waals surface area (Å²) in [7, 11) is 5.87. The number of aromatic hydroxyl groups is 2. The summed E-state index contributed by atoms with van der Waals surface area (Å²) in [5, 5.41) is 21.8. The van der Waals surface area contributed by atoms with Gasteiger partial charge in [0.25, 0.3) is 0 Å². The van der Waals surface area contributed by atoms with Gasteiger partial charge in [0.15, 0.2) is 23.1 Å². The van der Waals surface area contributed by atoms with Crippen LogP contribution in [-0.4, -0.2) is 54.3 Å². The molecule has 2 saturated carbocycles. The number of phenols is 2. The lowest BCUT2D eigenvalue weighted by atomic mass is 9.78. The summed E-state index contributed by atoms with van der Waals surface area (Å²) in [4.78, 5) is 4.72. The number of methoxy groups -OCH3 is 1. The summed E-state index contributed by atoms with van der Waals surface area (Å²) >= 11 is 13.0. The van der Waals surface area contributed by atoms with E-state index in [4.69, 9.17) is 27.9 Å². The molecule has 2 aliphatic heterocycles. The average Bonchev–Trinajstić information content (AvgIpc) is 3.99. The highest BCUT2D eigenvalue weighted by Crippen LogP contribution is 2.62. The van der Waals surface area contributed by atoms with Crippen molar-refractivity contribution in [3.8, 4) is 17.2 Å². The Labute approximate surface area is 286 Å². The maximum Gasteiger partial charge on any atom is 0.165 e. The number of hydrogen-bond acceptors (Lipinski definition) is 5. The second-order valence-corrected chi connectivity index (χ2v) is 14.6. The molecule has 4 aliphatic rings. The van der Waals surface area contributed by atoms with E-state index in [0.717, 1.165) is 78.4 Å². The molecule has 47 heavy (non-hydrogen) atoms. The molecule has 0 saturated heterocycles. The molecule has 2 unspecified atom stereocenters. The Bertz CT molecular complexity index is 1820. The minimum Gasteiger partial charge on any atom is -0.505 e. The fourth-order valence-corrected chi connectivity index (χ4v) is 9.14. The summed E-state index contributed by atoms with van der Waals surface area (Å²) in [5.41, 5.74) is 6.92. The largest absolute Gasteiger partial charge is 0.505 e. The molecule has 2 heterocycles. The second-order valence-electron chi connectivity index (χ2n) is 13.8. The van der Waals surface area contributed by atoms with Crippen molar-refractivity contribution >= 4 is 23.2 Å². The summed E-state index contributed by atoms with van der Waals surface area (Å²) in [6.07, 6.45) is 6.14. The summed E-state index contributed by atoms with van der Waals surface area (Å²) in [6.45, 7) is 1.88. The molecule has 0 bridgehead atoms. The van der Waals surface area contributed by atoms with Crippen LogP contribution in [0.15, 0.2) is 72.8 Å². The maximum absolute atomic E-state index is 13.7. The highest BCUT2D eigenvalue weighted by atomic mass is 35.5. The Morgan fingerprint density at radius 1 is 0.702 bits per heavy atom. The Hall–Kier alpha value is -3.29. The number of ether oxygens (including phenoxy) is 1. The van der Waals surface area contributed by atoms with Crippen molar-refractivity contribution in [2.75, 3.05) is 34.3 Å². The fraction of sp³-hybridized carbons (Fsp3) is 0.385. The van der Waals surface area contributed by atoms with E-state index in [1.165, 1.54) is 22.8 Å². The number of rotatable bonds is 5. The SMILES string of the molecule is CN1CCc2cc(F)c(O)cc2C1C1(c2ccccc2Cl)CC1.COc1cc2c(cc1O)C(C1(c3ccccc3Cl)CC1)N(C)CC2. The van der Waals surface area contributed by atoms with Crippen LogP contribution in [0.3, 0.4) is 0 Å². The molecular weight excluding hydrogens is 634 g/mol. The number of phenolic OH excluding ortho intramolecular Hbond substituents is 2. The van der Waals surface area contributed by atoms with E-state index in [9.17, 15) is 14.6 Å². The molecule has 5 nitrogen and oxygen atoms in total.